The van der Waals surface area contributed by atoms with Crippen LogP contribution in [0.1, 0.15) is 24.3 Å². The van der Waals surface area contributed by atoms with Crippen LogP contribution >= 0.6 is 23.5 Å². The summed E-state index contributed by atoms with van der Waals surface area (Å²) in [4.78, 5) is 43.2. The molecular formula is C26H21NO4S2. The molecule has 0 aromatic heterocycles. The summed E-state index contributed by atoms with van der Waals surface area (Å²) in [5.41, 5.74) is 1.66. The van der Waals surface area contributed by atoms with E-state index in [1.54, 1.807) is 23.9 Å². The number of thioether (sulfide) groups is 2. The van der Waals surface area contributed by atoms with Crippen molar-refractivity contribution in [1.82, 2.24) is 0 Å². The Labute approximate surface area is 199 Å². The molecule has 2 saturated carbocycles. The number of imide groups is 1. The quantitative estimate of drug-likeness (QED) is 0.643. The van der Waals surface area contributed by atoms with Crippen molar-refractivity contribution in [3.63, 3.8) is 0 Å². The Bertz CT molecular complexity index is 1260. The van der Waals surface area contributed by atoms with Crippen molar-refractivity contribution in [2.75, 3.05) is 4.90 Å². The third-order valence-electron chi connectivity index (χ3n) is 8.15. The van der Waals surface area contributed by atoms with Gasteiger partial charge in [0.1, 0.15) is 5.75 Å². The van der Waals surface area contributed by atoms with E-state index in [1.165, 1.54) is 16.7 Å². The van der Waals surface area contributed by atoms with Crippen molar-refractivity contribution in [2.45, 2.75) is 24.0 Å². The van der Waals surface area contributed by atoms with E-state index in [0.29, 0.717) is 12.1 Å². The number of allylic oxidation sites excluding steroid dienone is 2. The smallest absolute Gasteiger partial charge is 0.238 e. The number of phenolic OH excluding ortho intramolecular Hbond substituents is 1. The fraction of sp³-hybridized carbons (Fsp3) is 0.346. The lowest BCUT2D eigenvalue weighted by Gasteiger charge is -2.44. The van der Waals surface area contributed by atoms with Gasteiger partial charge in [-0.2, -0.15) is 0 Å². The summed E-state index contributed by atoms with van der Waals surface area (Å²) in [5.74, 6) is -0.101. The summed E-state index contributed by atoms with van der Waals surface area (Å²) >= 11 is 3.12. The number of nitrogens with zero attached hydrogens (tertiary/aromatic N) is 1. The van der Waals surface area contributed by atoms with E-state index < -0.39 is 0 Å². The van der Waals surface area contributed by atoms with E-state index in [-0.39, 0.29) is 63.4 Å². The van der Waals surface area contributed by atoms with E-state index in [4.69, 9.17) is 0 Å². The summed E-state index contributed by atoms with van der Waals surface area (Å²) in [6.45, 7) is 0. The fourth-order valence-corrected chi connectivity index (χ4v) is 10.3. The molecule has 2 aliphatic carbocycles. The van der Waals surface area contributed by atoms with E-state index in [1.807, 2.05) is 42.5 Å². The van der Waals surface area contributed by atoms with Gasteiger partial charge in [-0.15, -0.1) is 11.8 Å². The first-order valence-corrected chi connectivity index (χ1v) is 13.0. The van der Waals surface area contributed by atoms with Crippen molar-refractivity contribution >= 4 is 46.1 Å². The molecule has 166 valence electrons. The molecule has 33 heavy (non-hydrogen) atoms. The standard InChI is InChI=1S/C26H21NO4S2/c28-14-8-4-5-12(9-14)19-20-15-10-16(23(20)32-17-11-18(29)33-24(17)19)22-21(15)25(30)27(26(22)31)13-6-2-1-3-7-13/h1-9,15-16,19-23,28H,10-11H2/t15-,16-,19-,20-,21+,22-,23-/m1/s1. The lowest BCUT2D eigenvalue weighted by molar-refractivity contribution is -0.123. The van der Waals surface area contributed by atoms with Crippen LogP contribution in [0.5, 0.6) is 5.75 Å². The van der Waals surface area contributed by atoms with Gasteiger partial charge in [-0.25, -0.2) is 0 Å². The molecule has 0 unspecified atom stereocenters. The fourth-order valence-electron chi connectivity index (χ4n) is 7.12. The Kier molecular flexibility index (Phi) is 4.22. The SMILES string of the molecule is O=C1CC2=C(S1)[C@H](c1cccc(O)c1)[C@H]1[C@H]3C[C@@H]([C@H]1S2)[C@H]1C(=O)N(c2ccccc2)C(=O)[C@@H]31. The molecule has 5 nitrogen and oxygen atoms in total. The molecule has 1 N–H and O–H groups in total. The van der Waals surface area contributed by atoms with Gasteiger partial charge in [0.2, 0.25) is 11.8 Å². The van der Waals surface area contributed by atoms with Crippen LogP contribution in [0.15, 0.2) is 64.4 Å². The molecule has 3 aliphatic heterocycles. The van der Waals surface area contributed by atoms with Crippen molar-refractivity contribution in [3.8, 4) is 5.75 Å². The highest BCUT2D eigenvalue weighted by atomic mass is 32.2. The molecule has 0 radical (unpaired) electrons. The first-order valence-electron chi connectivity index (χ1n) is 11.3. The number of aromatic hydroxyl groups is 1. The van der Waals surface area contributed by atoms with Crippen LogP contribution in [-0.4, -0.2) is 27.3 Å². The van der Waals surface area contributed by atoms with Crippen LogP contribution in [0.4, 0.5) is 5.69 Å². The zero-order valence-corrected chi connectivity index (χ0v) is 19.2. The van der Waals surface area contributed by atoms with Crippen molar-refractivity contribution in [1.29, 1.82) is 0 Å². The zero-order chi connectivity index (χ0) is 22.4. The second kappa shape index (κ2) is 7.00. The van der Waals surface area contributed by atoms with Crippen molar-refractivity contribution in [3.05, 3.63) is 70.0 Å². The minimum atomic E-state index is -0.298. The predicted molar refractivity (Wildman–Crippen MR) is 127 cm³/mol. The van der Waals surface area contributed by atoms with E-state index in [9.17, 15) is 19.5 Å². The molecule has 7 atom stereocenters. The number of fused-ring (bicyclic) bond motifs is 8. The molecule has 0 spiro atoms. The zero-order valence-electron chi connectivity index (χ0n) is 17.6. The molecule has 2 aromatic rings. The summed E-state index contributed by atoms with van der Waals surface area (Å²) in [6.07, 6.45) is 1.32. The number of carbonyl (C=O) groups is 3. The summed E-state index contributed by atoms with van der Waals surface area (Å²) in [6, 6.07) is 16.6. The third kappa shape index (κ3) is 2.66. The number of hydrogen-bond donors (Lipinski definition) is 1. The third-order valence-corrected chi connectivity index (χ3v) is 11.0. The number of benzene rings is 2. The van der Waals surface area contributed by atoms with Gasteiger partial charge in [-0.1, -0.05) is 42.1 Å². The highest BCUT2D eigenvalue weighted by Crippen LogP contribution is 2.70. The van der Waals surface area contributed by atoms with Gasteiger partial charge in [0.15, 0.2) is 5.12 Å². The average Bonchev–Trinajstić information content (AvgIpc) is 3.53. The number of amides is 2. The topological polar surface area (TPSA) is 74.7 Å². The van der Waals surface area contributed by atoms with E-state index in [0.717, 1.165) is 21.8 Å². The number of carbonyl (C=O) groups excluding carboxylic acids is 3. The molecule has 2 aromatic carbocycles. The van der Waals surface area contributed by atoms with Crippen molar-refractivity contribution in [2.24, 2.45) is 29.6 Å². The molecule has 2 amide bonds. The molecular weight excluding hydrogens is 454 g/mol. The Hall–Kier alpha value is -2.51. The average molecular weight is 476 g/mol. The van der Waals surface area contributed by atoms with Gasteiger partial charge in [0, 0.05) is 27.4 Å². The molecule has 7 heteroatoms. The molecule has 3 fully saturated rings. The minimum absolute atomic E-state index is 0.0144. The van der Waals surface area contributed by atoms with Crippen LogP contribution < -0.4 is 4.90 Å². The Morgan fingerprint density at radius 2 is 1.67 bits per heavy atom. The summed E-state index contributed by atoms with van der Waals surface area (Å²) < 4.78 is 0. The van der Waals surface area contributed by atoms with Crippen molar-refractivity contribution < 1.29 is 19.5 Å². The normalized spacial score (nSPS) is 36.4. The molecule has 3 heterocycles. The number of para-hydroxylation sites is 1. The molecule has 1 saturated heterocycles. The highest BCUT2D eigenvalue weighted by molar-refractivity contribution is 8.18. The maximum atomic E-state index is 13.6. The van der Waals surface area contributed by atoms with Gasteiger partial charge in [-0.3, -0.25) is 19.3 Å². The van der Waals surface area contributed by atoms with Crippen LogP contribution in [0.25, 0.3) is 0 Å². The van der Waals surface area contributed by atoms with Gasteiger partial charge in [0.05, 0.1) is 17.5 Å². The van der Waals surface area contributed by atoms with Gasteiger partial charge in [0.25, 0.3) is 0 Å². The van der Waals surface area contributed by atoms with Gasteiger partial charge < -0.3 is 5.11 Å². The van der Waals surface area contributed by atoms with Crippen LogP contribution in [0.3, 0.4) is 0 Å². The molecule has 5 aliphatic rings. The second-order valence-corrected chi connectivity index (χ2v) is 12.0. The van der Waals surface area contributed by atoms with E-state index >= 15 is 0 Å². The number of rotatable bonds is 2. The minimum Gasteiger partial charge on any atom is -0.508 e. The Morgan fingerprint density at radius 1 is 0.909 bits per heavy atom. The predicted octanol–water partition coefficient (Wildman–Crippen LogP) is 4.54. The second-order valence-electron chi connectivity index (χ2n) is 9.63. The summed E-state index contributed by atoms with van der Waals surface area (Å²) in [5, 5.41) is 10.6. The van der Waals surface area contributed by atoms with Crippen LogP contribution in [0, 0.1) is 29.6 Å². The monoisotopic (exact) mass is 475 g/mol. The van der Waals surface area contributed by atoms with Crippen LogP contribution in [0.2, 0.25) is 0 Å². The first kappa shape index (κ1) is 19.9. The highest BCUT2D eigenvalue weighted by Gasteiger charge is 2.69. The lowest BCUT2D eigenvalue weighted by atomic mass is 9.68. The number of hydrogen-bond acceptors (Lipinski definition) is 6. The maximum absolute atomic E-state index is 13.6. The largest absolute Gasteiger partial charge is 0.508 e. The lowest BCUT2D eigenvalue weighted by Crippen LogP contribution is -2.42. The van der Waals surface area contributed by atoms with Crippen LogP contribution in [-0.2, 0) is 14.4 Å². The number of anilines is 1. The van der Waals surface area contributed by atoms with E-state index in [2.05, 4.69) is 0 Å². The van der Waals surface area contributed by atoms with Gasteiger partial charge >= 0.3 is 0 Å². The maximum Gasteiger partial charge on any atom is 0.238 e. The molecule has 7 rings (SSSR count). The van der Waals surface area contributed by atoms with Gasteiger partial charge in [-0.05, 0) is 54.0 Å². The Balaban J connectivity index is 1.32. The number of phenols is 1. The first-order chi connectivity index (χ1) is 16.0. The summed E-state index contributed by atoms with van der Waals surface area (Å²) in [7, 11) is 0. The molecule has 2 bridgehead atoms. The Morgan fingerprint density at radius 3 is 2.42 bits per heavy atom.